The minimum Gasteiger partial charge on any atom is -0.432 e. The maximum absolute atomic E-state index is 11.6. The van der Waals surface area contributed by atoms with E-state index in [1.807, 2.05) is 59.8 Å². The molecule has 1 aromatic carbocycles. The van der Waals surface area contributed by atoms with Gasteiger partial charge >= 0.3 is 0 Å². The molecular weight excluding hydrogens is 703 g/mol. The Morgan fingerprint density at radius 1 is 0.865 bits per heavy atom. The highest BCUT2D eigenvalue weighted by Gasteiger charge is 2.54. The van der Waals surface area contributed by atoms with E-state index in [-0.39, 0.29) is 38.9 Å². The summed E-state index contributed by atoms with van der Waals surface area (Å²) in [6, 6.07) is 10.2. The molecule has 0 saturated carbocycles. The zero-order chi connectivity index (χ0) is 38.7. The molecular formula is C38H63N7O4Si3. The van der Waals surface area contributed by atoms with Gasteiger partial charge in [-0.2, -0.15) is 5.10 Å². The fourth-order valence-corrected chi connectivity index (χ4v) is 9.10. The van der Waals surface area contributed by atoms with E-state index in [9.17, 15) is 9.59 Å². The van der Waals surface area contributed by atoms with E-state index in [1.54, 1.807) is 12.5 Å². The molecule has 286 valence electrons. The van der Waals surface area contributed by atoms with Crippen LogP contribution in [0.2, 0.25) is 54.4 Å². The molecule has 1 aliphatic rings. The van der Waals surface area contributed by atoms with Gasteiger partial charge < -0.3 is 24.5 Å². The third kappa shape index (κ3) is 8.32. The van der Waals surface area contributed by atoms with Crippen molar-refractivity contribution in [3.8, 4) is 11.4 Å². The lowest BCUT2D eigenvalue weighted by Gasteiger charge is -2.43. The van der Waals surface area contributed by atoms with Crippen LogP contribution in [0.15, 0.2) is 49.1 Å². The number of nitrogens with zero attached hydrogens (tertiary/aromatic N) is 6. The number of hydrogen-bond donors (Lipinski definition) is 3. The van der Waals surface area contributed by atoms with Gasteiger partial charge in [-0.05, 0) is 78.7 Å². The van der Waals surface area contributed by atoms with E-state index >= 15 is 0 Å². The molecule has 1 aliphatic heterocycles. The van der Waals surface area contributed by atoms with Gasteiger partial charge in [-0.25, -0.2) is 15.0 Å². The van der Waals surface area contributed by atoms with E-state index in [4.69, 9.17) is 24.9 Å². The Morgan fingerprint density at radius 2 is 1.46 bits per heavy atom. The first-order valence-corrected chi connectivity index (χ1v) is 27.4. The summed E-state index contributed by atoms with van der Waals surface area (Å²) < 4.78 is 18.0. The molecule has 0 aliphatic carbocycles. The van der Waals surface area contributed by atoms with Gasteiger partial charge in [0.25, 0.3) is 0 Å². The summed E-state index contributed by atoms with van der Waals surface area (Å²) in [6.45, 7) is 29.2. The van der Waals surface area contributed by atoms with E-state index in [2.05, 4.69) is 83.8 Å². The van der Waals surface area contributed by atoms with Crippen molar-refractivity contribution in [2.45, 2.75) is 135 Å². The van der Waals surface area contributed by atoms with Crippen LogP contribution in [0.25, 0.3) is 22.6 Å². The molecule has 1 unspecified atom stereocenters. The van der Waals surface area contributed by atoms with Crippen LogP contribution in [-0.2, 0) is 15.7 Å². The summed E-state index contributed by atoms with van der Waals surface area (Å²) in [5.74, 6) is 0.750. The van der Waals surface area contributed by atoms with Crippen molar-refractivity contribution in [2.24, 2.45) is 11.8 Å². The summed E-state index contributed by atoms with van der Waals surface area (Å²) in [6.07, 6.45) is 6.25. The van der Waals surface area contributed by atoms with Gasteiger partial charge in [0, 0.05) is 12.1 Å². The maximum Gasteiger partial charge on any atom is 0.192 e. The smallest absolute Gasteiger partial charge is 0.192 e. The van der Waals surface area contributed by atoms with Crippen LogP contribution in [0.1, 0.15) is 73.1 Å². The van der Waals surface area contributed by atoms with E-state index in [0.29, 0.717) is 30.1 Å². The fourth-order valence-electron chi connectivity index (χ4n) is 6.61. The number of imidazole rings is 1. The second-order valence-corrected chi connectivity index (χ2v) is 32.7. The SMILES string of the molecule is CC(C)(C[C@@H]1[C@@H](CO[Si](C)(C)C(C)(C)C)OC(n2cnc3c(N)nc(-c4cnn(Cc5ccccc5)c4)nc32)[C@@H]1CC(C)(C)[Si](C)(C)O)[Si](C)(C)O. The topological polar surface area (TPSA) is 146 Å². The molecule has 4 N–H and O–H groups in total. The fraction of sp³-hybridized carbons (Fsp3) is 0.632. The summed E-state index contributed by atoms with van der Waals surface area (Å²) in [7, 11) is -7.35. The lowest BCUT2D eigenvalue weighted by molar-refractivity contribution is -0.0353. The van der Waals surface area contributed by atoms with Gasteiger partial charge in [0.15, 0.2) is 42.2 Å². The Hall–Kier alpha value is -2.73. The Morgan fingerprint density at radius 3 is 2.04 bits per heavy atom. The van der Waals surface area contributed by atoms with Gasteiger partial charge in [-0.15, -0.1) is 0 Å². The van der Waals surface area contributed by atoms with Gasteiger partial charge in [-0.1, -0.05) is 78.8 Å². The summed E-state index contributed by atoms with van der Waals surface area (Å²) in [4.78, 5) is 37.6. The number of nitrogen functional groups attached to an aromatic ring is 1. The predicted octanol–water partition coefficient (Wildman–Crippen LogP) is 8.21. The van der Waals surface area contributed by atoms with Crippen molar-refractivity contribution in [3.63, 3.8) is 0 Å². The lowest BCUT2D eigenvalue weighted by Crippen LogP contribution is -2.46. The number of hydrogen-bond acceptors (Lipinski definition) is 9. The minimum atomic E-state index is -2.63. The molecule has 0 bridgehead atoms. The van der Waals surface area contributed by atoms with Crippen LogP contribution < -0.4 is 5.73 Å². The number of benzene rings is 1. The van der Waals surface area contributed by atoms with Gasteiger partial charge in [0.1, 0.15) is 11.7 Å². The van der Waals surface area contributed by atoms with Crippen LogP contribution in [0.3, 0.4) is 0 Å². The number of anilines is 1. The number of nitrogens with two attached hydrogens (primary N) is 1. The van der Waals surface area contributed by atoms with Gasteiger partial charge in [0.05, 0.1) is 37.3 Å². The normalized spacial score (nSPS) is 21.0. The van der Waals surface area contributed by atoms with Crippen molar-refractivity contribution in [1.82, 2.24) is 29.3 Å². The Kier molecular flexibility index (Phi) is 11.0. The second kappa shape index (κ2) is 14.2. The van der Waals surface area contributed by atoms with Gasteiger partial charge in [-0.3, -0.25) is 9.25 Å². The summed E-state index contributed by atoms with van der Waals surface area (Å²) >= 11 is 0. The molecule has 0 spiro atoms. The Bertz CT molecular complexity index is 1840. The molecule has 14 heteroatoms. The highest BCUT2D eigenvalue weighted by molar-refractivity contribution is 6.74. The van der Waals surface area contributed by atoms with Gasteiger partial charge in [0.2, 0.25) is 0 Å². The molecule has 3 aromatic heterocycles. The molecule has 5 rings (SSSR count). The van der Waals surface area contributed by atoms with Crippen LogP contribution in [0.5, 0.6) is 0 Å². The minimum absolute atomic E-state index is 0.0339. The standard InChI is InChI=1S/C38H63N7O4Si3/c1-36(2,3)52(12,13)48-24-30-28(19-37(4,5)50(8,9)46)29(20-38(6,7)51(10,11)47)35(49-30)45-25-40-31-32(39)42-33(43-34(31)45)27-21-41-44(23-27)22-26-17-15-14-16-18-26/h14-18,21,23,25,28-30,35,46-47H,19-20,22,24H2,1-13H3,(H2,39,42,43)/t28-,29+,30+,35?/m0/s1. The molecule has 0 amide bonds. The number of fused-ring (bicyclic) bond motifs is 1. The first-order valence-electron chi connectivity index (χ1n) is 18.6. The third-order valence-electron chi connectivity index (χ3n) is 12.7. The number of ether oxygens (including phenoxy) is 1. The van der Waals surface area contributed by atoms with Crippen molar-refractivity contribution in [3.05, 3.63) is 54.6 Å². The zero-order valence-electron chi connectivity index (χ0n) is 33.7. The average molecular weight is 766 g/mol. The molecule has 4 heterocycles. The second-order valence-electron chi connectivity index (χ2n) is 18.9. The molecule has 1 saturated heterocycles. The van der Waals surface area contributed by atoms with E-state index in [0.717, 1.165) is 24.0 Å². The third-order valence-corrected chi connectivity index (χ3v) is 24.3. The zero-order valence-corrected chi connectivity index (χ0v) is 36.7. The maximum atomic E-state index is 11.6. The largest absolute Gasteiger partial charge is 0.432 e. The highest BCUT2D eigenvalue weighted by atomic mass is 28.4. The molecule has 1 fully saturated rings. The first kappa shape index (κ1) is 40.5. The molecule has 0 radical (unpaired) electrons. The van der Waals surface area contributed by atoms with E-state index < -0.39 is 31.2 Å². The monoisotopic (exact) mass is 765 g/mol. The van der Waals surface area contributed by atoms with Crippen molar-refractivity contribution in [2.75, 3.05) is 12.3 Å². The van der Waals surface area contributed by atoms with Crippen molar-refractivity contribution >= 4 is 41.9 Å². The summed E-state index contributed by atoms with van der Waals surface area (Å²) in [5.41, 5.74) is 9.59. The molecule has 4 atom stereocenters. The van der Waals surface area contributed by atoms with Crippen molar-refractivity contribution < 1.29 is 18.8 Å². The van der Waals surface area contributed by atoms with Crippen LogP contribution in [-0.4, -0.2) is 76.6 Å². The average Bonchev–Trinajstić information content (AvgIpc) is 3.73. The number of rotatable bonds is 13. The van der Waals surface area contributed by atoms with Crippen LogP contribution in [0, 0.1) is 11.8 Å². The quantitative estimate of drug-likeness (QED) is 0.115. The first-order chi connectivity index (χ1) is 23.8. The molecule has 4 aromatic rings. The highest BCUT2D eigenvalue weighted by Crippen LogP contribution is 2.56. The Labute approximate surface area is 313 Å². The van der Waals surface area contributed by atoms with Crippen molar-refractivity contribution in [1.29, 1.82) is 0 Å². The lowest BCUT2D eigenvalue weighted by atomic mass is 9.78. The van der Waals surface area contributed by atoms with E-state index in [1.165, 1.54) is 0 Å². The van der Waals surface area contributed by atoms with Crippen LogP contribution >= 0.6 is 0 Å². The molecule has 52 heavy (non-hydrogen) atoms. The summed E-state index contributed by atoms with van der Waals surface area (Å²) in [5, 5.41) is 3.98. The molecule has 11 nitrogen and oxygen atoms in total. The Balaban J connectivity index is 1.60. The number of aromatic nitrogens is 6. The van der Waals surface area contributed by atoms with Crippen LogP contribution in [0.4, 0.5) is 5.82 Å². The predicted molar refractivity (Wildman–Crippen MR) is 217 cm³/mol.